The molecular weight excluding hydrogens is 289 g/mol. The van der Waals surface area contributed by atoms with Gasteiger partial charge in [0.25, 0.3) is 0 Å². The van der Waals surface area contributed by atoms with E-state index >= 15 is 0 Å². The molecule has 0 atom stereocenters. The summed E-state index contributed by atoms with van der Waals surface area (Å²) in [4.78, 5) is 0. The Kier molecular flexibility index (Phi) is 5.21. The molecule has 2 rings (SSSR count). The summed E-state index contributed by atoms with van der Waals surface area (Å²) in [7, 11) is 0. The molecule has 0 spiro atoms. The Labute approximate surface area is 129 Å². The minimum absolute atomic E-state index is 0.114. The minimum atomic E-state index is -0.422. The lowest BCUT2D eigenvalue weighted by atomic mass is 10.0. The van der Waals surface area contributed by atoms with E-state index in [1.165, 1.54) is 11.6 Å². The zero-order chi connectivity index (χ0) is 15.4. The van der Waals surface area contributed by atoms with Crippen LogP contribution < -0.4 is 10.5 Å². The number of halogens is 2. The fourth-order valence-corrected chi connectivity index (χ4v) is 2.58. The lowest BCUT2D eigenvalue weighted by molar-refractivity contribution is 0.295. The topological polar surface area (TPSA) is 35.2 Å². The summed E-state index contributed by atoms with van der Waals surface area (Å²) in [5, 5.41) is 0.114. The van der Waals surface area contributed by atoms with E-state index in [0.717, 1.165) is 23.3 Å². The third kappa shape index (κ3) is 3.74. The zero-order valence-electron chi connectivity index (χ0n) is 12.2. The minimum Gasteiger partial charge on any atom is -0.488 e. The van der Waals surface area contributed by atoms with E-state index in [9.17, 15) is 4.39 Å². The van der Waals surface area contributed by atoms with E-state index in [1.807, 2.05) is 13.8 Å². The van der Waals surface area contributed by atoms with Crippen molar-refractivity contribution in [2.45, 2.75) is 26.9 Å². The molecule has 0 saturated carbocycles. The second-order valence-corrected chi connectivity index (χ2v) is 5.51. The normalized spacial score (nSPS) is 10.7. The van der Waals surface area contributed by atoms with Gasteiger partial charge in [0.1, 0.15) is 18.2 Å². The summed E-state index contributed by atoms with van der Waals surface area (Å²) in [6, 6.07) is 9.04. The molecule has 0 saturated heterocycles. The monoisotopic (exact) mass is 307 g/mol. The molecule has 0 radical (unpaired) electrons. The molecule has 0 aliphatic rings. The molecule has 0 unspecified atom stereocenters. The Balaban J connectivity index is 2.18. The van der Waals surface area contributed by atoms with E-state index in [1.54, 1.807) is 12.1 Å². The van der Waals surface area contributed by atoms with E-state index in [-0.39, 0.29) is 11.6 Å². The first-order valence-electron chi connectivity index (χ1n) is 6.88. The average Bonchev–Trinajstić information content (AvgIpc) is 2.42. The van der Waals surface area contributed by atoms with Gasteiger partial charge in [-0.1, -0.05) is 35.9 Å². The van der Waals surface area contributed by atoms with E-state index in [4.69, 9.17) is 22.1 Å². The van der Waals surface area contributed by atoms with Crippen molar-refractivity contribution in [2.75, 3.05) is 6.54 Å². The van der Waals surface area contributed by atoms with Crippen LogP contribution in [0.4, 0.5) is 4.39 Å². The van der Waals surface area contributed by atoms with Gasteiger partial charge in [0.05, 0.1) is 5.02 Å². The first-order valence-corrected chi connectivity index (χ1v) is 7.26. The average molecular weight is 308 g/mol. The van der Waals surface area contributed by atoms with E-state index in [2.05, 4.69) is 12.1 Å². The summed E-state index contributed by atoms with van der Waals surface area (Å²) < 4.78 is 19.6. The molecule has 2 nitrogen and oxygen atoms in total. The lowest BCUT2D eigenvalue weighted by Crippen LogP contribution is -2.05. The largest absolute Gasteiger partial charge is 0.488 e. The summed E-state index contributed by atoms with van der Waals surface area (Å²) in [6.07, 6.45) is 0.838. The zero-order valence-corrected chi connectivity index (χ0v) is 13.0. The molecular formula is C17H19ClFNO. The summed E-state index contributed by atoms with van der Waals surface area (Å²) in [5.74, 6) is 0.365. The number of benzene rings is 2. The number of nitrogens with two attached hydrogens (primary N) is 1. The molecule has 2 aromatic carbocycles. The van der Waals surface area contributed by atoms with Gasteiger partial charge in [-0.3, -0.25) is 0 Å². The van der Waals surface area contributed by atoms with Crippen LogP contribution in [0.1, 0.15) is 22.3 Å². The molecule has 4 heteroatoms. The van der Waals surface area contributed by atoms with Crippen molar-refractivity contribution in [1.82, 2.24) is 0 Å². The Morgan fingerprint density at radius 3 is 2.48 bits per heavy atom. The second-order valence-electron chi connectivity index (χ2n) is 5.10. The molecule has 2 N–H and O–H groups in total. The number of hydrogen-bond acceptors (Lipinski definition) is 2. The van der Waals surface area contributed by atoms with Gasteiger partial charge in [0.2, 0.25) is 0 Å². The van der Waals surface area contributed by atoms with Crippen molar-refractivity contribution in [2.24, 2.45) is 5.73 Å². The predicted octanol–water partition coefficient (Wildman–Crippen LogP) is 4.18. The third-order valence-corrected chi connectivity index (χ3v) is 3.65. The molecule has 112 valence electrons. The highest BCUT2D eigenvalue weighted by Gasteiger charge is 2.10. The molecule has 0 aliphatic heterocycles. The molecule has 0 fully saturated rings. The molecule has 2 aromatic rings. The first-order chi connectivity index (χ1) is 10.0. The van der Waals surface area contributed by atoms with Crippen LogP contribution in [-0.4, -0.2) is 6.54 Å². The number of ether oxygens (including phenoxy) is 1. The quantitative estimate of drug-likeness (QED) is 0.899. The molecule has 0 bridgehead atoms. The first kappa shape index (κ1) is 15.8. The lowest BCUT2D eigenvalue weighted by Gasteiger charge is -2.14. The number of hydrogen-bond donors (Lipinski definition) is 1. The Bertz CT molecular complexity index is 620. The highest BCUT2D eigenvalue weighted by Crippen LogP contribution is 2.27. The summed E-state index contributed by atoms with van der Waals surface area (Å²) in [5.41, 5.74) is 9.28. The van der Waals surface area contributed by atoms with Crippen LogP contribution in [0.15, 0.2) is 30.3 Å². The van der Waals surface area contributed by atoms with Gasteiger partial charge in [-0.15, -0.1) is 0 Å². The summed E-state index contributed by atoms with van der Waals surface area (Å²) in [6.45, 7) is 4.74. The van der Waals surface area contributed by atoms with Gasteiger partial charge in [0, 0.05) is 5.56 Å². The van der Waals surface area contributed by atoms with Crippen LogP contribution in [0.2, 0.25) is 5.02 Å². The predicted molar refractivity (Wildman–Crippen MR) is 84.4 cm³/mol. The van der Waals surface area contributed by atoms with Crippen molar-refractivity contribution in [3.63, 3.8) is 0 Å². The maximum atomic E-state index is 13.8. The van der Waals surface area contributed by atoms with Gasteiger partial charge >= 0.3 is 0 Å². The fraction of sp³-hybridized carbons (Fsp3) is 0.294. The third-order valence-electron chi connectivity index (χ3n) is 3.36. The van der Waals surface area contributed by atoms with Crippen LogP contribution in [0.25, 0.3) is 0 Å². The molecule has 0 aliphatic carbocycles. The van der Waals surface area contributed by atoms with Crippen molar-refractivity contribution in [1.29, 1.82) is 0 Å². The second kappa shape index (κ2) is 6.92. The highest BCUT2D eigenvalue weighted by atomic mass is 35.5. The van der Waals surface area contributed by atoms with Crippen molar-refractivity contribution in [3.8, 4) is 5.75 Å². The van der Waals surface area contributed by atoms with Gasteiger partial charge < -0.3 is 10.5 Å². The Morgan fingerprint density at radius 1 is 1.19 bits per heavy atom. The van der Waals surface area contributed by atoms with Crippen LogP contribution in [0.5, 0.6) is 5.75 Å². The summed E-state index contributed by atoms with van der Waals surface area (Å²) >= 11 is 5.77. The SMILES string of the molecule is Cc1cc(CCN)cc(C)c1OCc1cccc(Cl)c1F. The van der Waals surface area contributed by atoms with E-state index in [0.29, 0.717) is 12.1 Å². The van der Waals surface area contributed by atoms with Gasteiger partial charge in [-0.2, -0.15) is 0 Å². The van der Waals surface area contributed by atoms with Crippen molar-refractivity contribution in [3.05, 3.63) is 63.4 Å². The van der Waals surface area contributed by atoms with Crippen LogP contribution in [0, 0.1) is 19.7 Å². The number of rotatable bonds is 5. The van der Waals surface area contributed by atoms with E-state index < -0.39 is 5.82 Å². The van der Waals surface area contributed by atoms with Crippen LogP contribution >= 0.6 is 11.6 Å². The standard InChI is InChI=1S/C17H19ClFNO/c1-11-8-13(6-7-20)9-12(2)17(11)21-10-14-4-3-5-15(18)16(14)19/h3-5,8-9H,6-7,10,20H2,1-2H3. The molecule has 0 aromatic heterocycles. The van der Waals surface area contributed by atoms with Crippen molar-refractivity contribution >= 4 is 11.6 Å². The number of aryl methyl sites for hydroxylation is 2. The Morgan fingerprint density at radius 2 is 1.86 bits per heavy atom. The maximum Gasteiger partial charge on any atom is 0.148 e. The van der Waals surface area contributed by atoms with Gasteiger partial charge in [0.15, 0.2) is 0 Å². The Hall–Kier alpha value is -1.58. The highest BCUT2D eigenvalue weighted by molar-refractivity contribution is 6.30. The maximum absolute atomic E-state index is 13.8. The molecule has 0 heterocycles. The molecule has 21 heavy (non-hydrogen) atoms. The molecule has 0 amide bonds. The smallest absolute Gasteiger partial charge is 0.148 e. The van der Waals surface area contributed by atoms with Crippen LogP contribution in [0.3, 0.4) is 0 Å². The van der Waals surface area contributed by atoms with Gasteiger partial charge in [-0.25, -0.2) is 4.39 Å². The van der Waals surface area contributed by atoms with Crippen LogP contribution in [-0.2, 0) is 13.0 Å². The van der Waals surface area contributed by atoms with Gasteiger partial charge in [-0.05, 0) is 49.6 Å². The van der Waals surface area contributed by atoms with Crippen molar-refractivity contribution < 1.29 is 9.13 Å². The fourth-order valence-electron chi connectivity index (χ4n) is 2.39.